The van der Waals surface area contributed by atoms with E-state index in [2.05, 4.69) is 16.7 Å². The second-order valence-corrected chi connectivity index (χ2v) is 5.73. The number of benzene rings is 2. The standard InChI is InChI=1S/C17H15Cl2N3O/c18-14-5-4-13(16(19)9-14)6-7-21-17(23)11-22-15-3-1-2-12(8-15)10-20/h1-5,8-9,22H,6-7,11H2,(H,21,23). The summed E-state index contributed by atoms with van der Waals surface area (Å²) in [5.41, 5.74) is 2.22. The number of hydrogen-bond donors (Lipinski definition) is 2. The van der Waals surface area contributed by atoms with Gasteiger partial charge in [0.1, 0.15) is 0 Å². The minimum Gasteiger partial charge on any atom is -0.376 e. The van der Waals surface area contributed by atoms with Crippen molar-refractivity contribution in [1.82, 2.24) is 5.32 Å². The van der Waals surface area contributed by atoms with E-state index in [1.807, 2.05) is 12.1 Å². The molecule has 2 rings (SSSR count). The molecule has 0 aromatic heterocycles. The third-order valence-electron chi connectivity index (χ3n) is 3.18. The number of nitrogens with one attached hydrogen (secondary N) is 2. The highest BCUT2D eigenvalue weighted by molar-refractivity contribution is 6.35. The van der Waals surface area contributed by atoms with Crippen LogP contribution in [0.25, 0.3) is 0 Å². The first kappa shape index (κ1) is 17.1. The summed E-state index contributed by atoms with van der Waals surface area (Å²) in [7, 11) is 0. The molecule has 0 aliphatic carbocycles. The number of rotatable bonds is 6. The Morgan fingerprint density at radius 2 is 2.00 bits per heavy atom. The zero-order valence-corrected chi connectivity index (χ0v) is 13.8. The van der Waals surface area contributed by atoms with E-state index in [0.717, 1.165) is 11.3 Å². The first-order valence-electron chi connectivity index (χ1n) is 7.03. The Kier molecular flexibility index (Phi) is 6.28. The van der Waals surface area contributed by atoms with Crippen LogP contribution in [0.15, 0.2) is 42.5 Å². The number of carbonyl (C=O) groups excluding carboxylic acids is 1. The van der Waals surface area contributed by atoms with Crippen molar-refractivity contribution in [3.8, 4) is 6.07 Å². The number of nitrogens with zero attached hydrogens (tertiary/aromatic N) is 1. The van der Waals surface area contributed by atoms with Gasteiger partial charge in [0.05, 0.1) is 18.2 Å². The number of nitriles is 1. The maximum Gasteiger partial charge on any atom is 0.239 e. The topological polar surface area (TPSA) is 64.9 Å². The number of hydrogen-bond acceptors (Lipinski definition) is 3. The predicted octanol–water partition coefficient (Wildman–Crippen LogP) is 3.64. The Bertz CT molecular complexity index is 741. The van der Waals surface area contributed by atoms with Crippen molar-refractivity contribution >= 4 is 34.8 Å². The lowest BCUT2D eigenvalue weighted by atomic mass is 10.1. The molecule has 0 unspecified atom stereocenters. The van der Waals surface area contributed by atoms with Gasteiger partial charge in [-0.3, -0.25) is 4.79 Å². The van der Waals surface area contributed by atoms with E-state index >= 15 is 0 Å². The summed E-state index contributed by atoms with van der Waals surface area (Å²) in [4.78, 5) is 11.8. The van der Waals surface area contributed by atoms with Crippen molar-refractivity contribution in [3.63, 3.8) is 0 Å². The molecule has 0 bridgehead atoms. The van der Waals surface area contributed by atoms with Gasteiger partial charge in [-0.05, 0) is 42.3 Å². The lowest BCUT2D eigenvalue weighted by Crippen LogP contribution is -2.31. The Morgan fingerprint density at radius 1 is 1.17 bits per heavy atom. The van der Waals surface area contributed by atoms with Gasteiger partial charge in [-0.25, -0.2) is 0 Å². The molecule has 0 aliphatic rings. The third-order valence-corrected chi connectivity index (χ3v) is 3.76. The average Bonchev–Trinajstić information content (AvgIpc) is 2.55. The number of halogens is 2. The molecule has 2 aromatic rings. The van der Waals surface area contributed by atoms with E-state index in [4.69, 9.17) is 28.5 Å². The van der Waals surface area contributed by atoms with Crippen LogP contribution in [0.3, 0.4) is 0 Å². The molecule has 0 fully saturated rings. The van der Waals surface area contributed by atoms with Gasteiger partial charge in [-0.1, -0.05) is 35.3 Å². The second kappa shape index (κ2) is 8.42. The zero-order chi connectivity index (χ0) is 16.7. The number of carbonyl (C=O) groups is 1. The molecule has 0 spiro atoms. The Balaban J connectivity index is 1.76. The zero-order valence-electron chi connectivity index (χ0n) is 12.3. The molecule has 118 valence electrons. The van der Waals surface area contributed by atoms with E-state index in [1.165, 1.54) is 0 Å². The fourth-order valence-corrected chi connectivity index (χ4v) is 2.51. The van der Waals surface area contributed by atoms with Gasteiger partial charge in [0.2, 0.25) is 5.91 Å². The fourth-order valence-electron chi connectivity index (χ4n) is 2.00. The van der Waals surface area contributed by atoms with Gasteiger partial charge in [-0.2, -0.15) is 5.26 Å². The monoisotopic (exact) mass is 347 g/mol. The van der Waals surface area contributed by atoms with Crippen molar-refractivity contribution in [1.29, 1.82) is 5.26 Å². The van der Waals surface area contributed by atoms with E-state index in [-0.39, 0.29) is 12.5 Å². The van der Waals surface area contributed by atoms with Crippen LogP contribution in [0.1, 0.15) is 11.1 Å². The van der Waals surface area contributed by atoms with Crippen LogP contribution in [0.2, 0.25) is 10.0 Å². The molecule has 2 N–H and O–H groups in total. The lowest BCUT2D eigenvalue weighted by Gasteiger charge is -2.09. The molecular formula is C17H15Cl2N3O. The third kappa shape index (κ3) is 5.48. The average molecular weight is 348 g/mol. The minimum atomic E-state index is -0.127. The van der Waals surface area contributed by atoms with Crippen molar-refractivity contribution in [2.24, 2.45) is 0 Å². The van der Waals surface area contributed by atoms with Crippen LogP contribution in [-0.4, -0.2) is 19.0 Å². The smallest absolute Gasteiger partial charge is 0.239 e. The van der Waals surface area contributed by atoms with Gasteiger partial charge >= 0.3 is 0 Å². The second-order valence-electron chi connectivity index (χ2n) is 4.88. The highest BCUT2D eigenvalue weighted by Gasteiger charge is 2.04. The fraction of sp³-hybridized carbons (Fsp3) is 0.176. The Hall–Kier alpha value is -2.22. The van der Waals surface area contributed by atoms with Crippen LogP contribution in [-0.2, 0) is 11.2 Å². The largest absolute Gasteiger partial charge is 0.376 e. The van der Waals surface area contributed by atoms with Gasteiger partial charge in [0, 0.05) is 22.3 Å². The molecule has 0 saturated heterocycles. The summed E-state index contributed by atoms with van der Waals surface area (Å²) >= 11 is 11.9. The summed E-state index contributed by atoms with van der Waals surface area (Å²) in [6.45, 7) is 0.628. The summed E-state index contributed by atoms with van der Waals surface area (Å²) < 4.78 is 0. The Labute approximate surface area is 145 Å². The van der Waals surface area contributed by atoms with Gasteiger partial charge in [-0.15, -0.1) is 0 Å². The molecule has 6 heteroatoms. The summed E-state index contributed by atoms with van der Waals surface area (Å²) in [6.07, 6.45) is 0.631. The molecule has 0 aliphatic heterocycles. The van der Waals surface area contributed by atoms with Crippen LogP contribution >= 0.6 is 23.2 Å². The maximum atomic E-state index is 11.8. The quantitative estimate of drug-likeness (QED) is 0.838. The first-order valence-corrected chi connectivity index (χ1v) is 7.79. The molecule has 0 atom stereocenters. The molecule has 1 amide bonds. The maximum absolute atomic E-state index is 11.8. The molecular weight excluding hydrogens is 333 g/mol. The molecule has 2 aromatic carbocycles. The number of amides is 1. The Morgan fingerprint density at radius 3 is 2.74 bits per heavy atom. The highest BCUT2D eigenvalue weighted by Crippen LogP contribution is 2.21. The number of anilines is 1. The van der Waals surface area contributed by atoms with E-state index in [0.29, 0.717) is 28.6 Å². The minimum absolute atomic E-state index is 0.127. The first-order chi connectivity index (χ1) is 11.1. The highest BCUT2D eigenvalue weighted by atomic mass is 35.5. The van der Waals surface area contributed by atoms with Gasteiger partial charge in [0.15, 0.2) is 0 Å². The summed E-state index contributed by atoms with van der Waals surface area (Å²) in [5.74, 6) is -0.127. The van der Waals surface area contributed by atoms with Crippen molar-refractivity contribution in [2.45, 2.75) is 6.42 Å². The molecule has 4 nitrogen and oxygen atoms in total. The summed E-state index contributed by atoms with van der Waals surface area (Å²) in [5, 5.41) is 15.8. The van der Waals surface area contributed by atoms with E-state index < -0.39 is 0 Å². The van der Waals surface area contributed by atoms with Crippen LogP contribution < -0.4 is 10.6 Å². The van der Waals surface area contributed by atoms with Crippen LogP contribution in [0.4, 0.5) is 5.69 Å². The van der Waals surface area contributed by atoms with Crippen LogP contribution in [0.5, 0.6) is 0 Å². The lowest BCUT2D eigenvalue weighted by molar-refractivity contribution is -0.119. The van der Waals surface area contributed by atoms with Crippen LogP contribution in [0, 0.1) is 11.3 Å². The van der Waals surface area contributed by atoms with E-state index in [1.54, 1.807) is 30.3 Å². The van der Waals surface area contributed by atoms with Gasteiger partial charge < -0.3 is 10.6 Å². The van der Waals surface area contributed by atoms with Gasteiger partial charge in [0.25, 0.3) is 0 Å². The van der Waals surface area contributed by atoms with Crippen molar-refractivity contribution < 1.29 is 4.79 Å². The normalized spacial score (nSPS) is 9.96. The van der Waals surface area contributed by atoms with E-state index in [9.17, 15) is 4.79 Å². The van der Waals surface area contributed by atoms with Crippen molar-refractivity contribution in [2.75, 3.05) is 18.4 Å². The predicted molar refractivity (Wildman–Crippen MR) is 92.8 cm³/mol. The summed E-state index contributed by atoms with van der Waals surface area (Å²) in [6, 6.07) is 14.3. The SMILES string of the molecule is N#Cc1cccc(NCC(=O)NCCc2ccc(Cl)cc2Cl)c1. The molecule has 0 radical (unpaired) electrons. The molecule has 0 heterocycles. The van der Waals surface area contributed by atoms with Crippen molar-refractivity contribution in [3.05, 3.63) is 63.6 Å². The molecule has 0 saturated carbocycles. The molecule has 23 heavy (non-hydrogen) atoms.